The van der Waals surface area contributed by atoms with Gasteiger partial charge in [-0.25, -0.2) is 0 Å². The molecule has 0 aliphatic carbocycles. The second-order valence-electron chi connectivity index (χ2n) is 10.8. The van der Waals surface area contributed by atoms with Gasteiger partial charge in [0.15, 0.2) is 6.29 Å². The first kappa shape index (κ1) is 35.4. The van der Waals surface area contributed by atoms with E-state index in [2.05, 4.69) is 0 Å². The van der Waals surface area contributed by atoms with Crippen LogP contribution in [-0.2, 0) is 33.2 Å². The highest BCUT2D eigenvalue weighted by atomic mass is 16.7. The van der Waals surface area contributed by atoms with Gasteiger partial charge in [-0.05, 0) is 13.8 Å². The van der Waals surface area contributed by atoms with E-state index in [1.807, 2.05) is 0 Å². The fraction of sp³-hybridized carbons (Fsp3) is 0.923. The summed E-state index contributed by atoms with van der Waals surface area (Å²) >= 11 is 0. The van der Waals surface area contributed by atoms with Crippen LogP contribution >= 0.6 is 0 Å². The Bertz CT molecular complexity index is 843. The Hall–Kier alpha value is -1.06. The molecule has 42 heavy (non-hydrogen) atoms. The third-order valence-corrected chi connectivity index (χ3v) is 7.88. The fourth-order valence-corrected chi connectivity index (χ4v) is 4.99. The molecule has 0 amide bonds. The molecular formula is C26H46O16. The maximum absolute atomic E-state index is 11.5. The van der Waals surface area contributed by atoms with E-state index in [1.54, 1.807) is 13.8 Å². The van der Waals surface area contributed by atoms with Crippen molar-refractivity contribution < 1.29 is 79.1 Å². The van der Waals surface area contributed by atoms with Gasteiger partial charge in [0.05, 0.1) is 58.0 Å². The Labute approximate surface area is 243 Å². The smallest absolute Gasteiger partial charge is 0.187 e. The summed E-state index contributed by atoms with van der Waals surface area (Å²) in [7, 11) is 0. The van der Waals surface area contributed by atoms with Gasteiger partial charge in [-0.2, -0.15) is 0 Å². The van der Waals surface area contributed by atoms with Gasteiger partial charge >= 0.3 is 0 Å². The van der Waals surface area contributed by atoms with Crippen LogP contribution in [0.3, 0.4) is 0 Å². The Morgan fingerprint density at radius 2 is 1.64 bits per heavy atom. The van der Waals surface area contributed by atoms with E-state index < -0.39 is 98.9 Å². The number of aliphatic hydroxyl groups is 9. The first-order valence-corrected chi connectivity index (χ1v) is 14.0. The van der Waals surface area contributed by atoms with Gasteiger partial charge in [0.1, 0.15) is 67.5 Å². The summed E-state index contributed by atoms with van der Waals surface area (Å²) in [5.41, 5.74) is -0.00110. The average molecular weight is 615 g/mol. The van der Waals surface area contributed by atoms with Gasteiger partial charge < -0.3 is 79.1 Å². The molecule has 3 aliphatic heterocycles. The molecule has 3 saturated heterocycles. The number of hydrogen-bond donors (Lipinski definition) is 9. The minimum atomic E-state index is -1.70. The number of rotatable bonds is 12. The van der Waals surface area contributed by atoms with Crippen molar-refractivity contribution in [3.63, 3.8) is 0 Å². The van der Waals surface area contributed by atoms with Crippen molar-refractivity contribution in [2.45, 2.75) is 100 Å². The van der Waals surface area contributed by atoms with E-state index in [-0.39, 0.29) is 44.4 Å². The molecule has 14 atom stereocenters. The Morgan fingerprint density at radius 3 is 2.31 bits per heavy atom. The fourth-order valence-electron chi connectivity index (χ4n) is 4.99. The van der Waals surface area contributed by atoms with Crippen LogP contribution in [0, 0.1) is 5.92 Å². The molecule has 0 saturated carbocycles. The summed E-state index contributed by atoms with van der Waals surface area (Å²) in [6, 6.07) is 0. The summed E-state index contributed by atoms with van der Waals surface area (Å²) in [6.07, 6.45) is -16.6. The zero-order valence-electron chi connectivity index (χ0n) is 23.9. The van der Waals surface area contributed by atoms with E-state index >= 15 is 0 Å². The van der Waals surface area contributed by atoms with Crippen LogP contribution in [-0.4, -0.2) is 172 Å². The van der Waals surface area contributed by atoms with E-state index in [1.165, 1.54) is 6.92 Å². The van der Waals surface area contributed by atoms with Crippen LogP contribution < -0.4 is 0 Å². The molecular weight excluding hydrogens is 568 g/mol. The van der Waals surface area contributed by atoms with Crippen molar-refractivity contribution >= 4 is 0 Å². The highest BCUT2D eigenvalue weighted by molar-refractivity contribution is 5.24. The summed E-state index contributed by atoms with van der Waals surface area (Å²) in [6.45, 7) is 2.97. The molecule has 0 aromatic heterocycles. The minimum Gasteiger partial charge on any atom is -0.489 e. The monoisotopic (exact) mass is 614 g/mol. The van der Waals surface area contributed by atoms with Gasteiger partial charge in [0.25, 0.3) is 0 Å². The van der Waals surface area contributed by atoms with E-state index in [9.17, 15) is 40.9 Å². The molecule has 3 rings (SSSR count). The number of ether oxygens (including phenoxy) is 7. The molecule has 0 spiro atoms. The number of aliphatic hydroxyl groups excluding tert-OH is 9. The molecule has 16 nitrogen and oxygen atoms in total. The minimum absolute atomic E-state index is 0.00110. The normalized spacial score (nSPS) is 43.0. The number of hydrogen-bond acceptors (Lipinski definition) is 16. The summed E-state index contributed by atoms with van der Waals surface area (Å²) in [5, 5.41) is 92.3. The quantitative estimate of drug-likeness (QED) is 0.0745. The van der Waals surface area contributed by atoms with E-state index in [4.69, 9.17) is 38.3 Å². The highest BCUT2D eigenvalue weighted by Gasteiger charge is 2.48. The zero-order chi connectivity index (χ0) is 31.1. The molecule has 16 heteroatoms. The predicted molar refractivity (Wildman–Crippen MR) is 138 cm³/mol. The largest absolute Gasteiger partial charge is 0.489 e. The van der Waals surface area contributed by atoms with Crippen LogP contribution in [0.25, 0.3) is 0 Å². The van der Waals surface area contributed by atoms with Crippen LogP contribution in [0.1, 0.15) is 20.8 Å². The average Bonchev–Trinajstić information content (AvgIpc) is 3.12. The lowest BCUT2D eigenvalue weighted by Gasteiger charge is -2.42. The molecule has 14 unspecified atom stereocenters. The third-order valence-electron chi connectivity index (χ3n) is 7.88. The van der Waals surface area contributed by atoms with E-state index in [0.29, 0.717) is 0 Å². The molecule has 0 aromatic carbocycles. The zero-order valence-corrected chi connectivity index (χ0v) is 23.9. The summed E-state index contributed by atoms with van der Waals surface area (Å²) in [5.74, 6) is -0.829. The second-order valence-corrected chi connectivity index (χ2v) is 10.8. The maximum Gasteiger partial charge on any atom is 0.187 e. The molecule has 0 bridgehead atoms. The van der Waals surface area contributed by atoms with Crippen molar-refractivity contribution in [2.75, 3.05) is 46.4 Å². The standard InChI is InChI=1S/C26H46O16/c1-11-16(6-27)41-24(22(34)18(11)30)14-7-36-9-17(39-5-4-38-12(2)15(29)8-37-10-28)25(20(14)32)42-26-23(35)21(33)19(31)13(3)40-26/h11-13,15-23,25-35H,4-10H2,1-3H3/b24-14+. The topological polar surface area (TPSA) is 247 Å². The molecule has 0 aromatic rings. The molecule has 3 aliphatic rings. The Balaban J connectivity index is 1.81. The Morgan fingerprint density at radius 1 is 0.929 bits per heavy atom. The van der Waals surface area contributed by atoms with Crippen molar-refractivity contribution in [1.29, 1.82) is 0 Å². The van der Waals surface area contributed by atoms with Gasteiger partial charge in [0, 0.05) is 11.5 Å². The molecule has 9 N–H and O–H groups in total. The third kappa shape index (κ3) is 8.35. The van der Waals surface area contributed by atoms with Crippen LogP contribution in [0.2, 0.25) is 0 Å². The van der Waals surface area contributed by atoms with Crippen molar-refractivity contribution in [2.24, 2.45) is 5.92 Å². The highest BCUT2D eigenvalue weighted by Crippen LogP contribution is 2.34. The van der Waals surface area contributed by atoms with Crippen molar-refractivity contribution in [3.8, 4) is 0 Å². The maximum atomic E-state index is 11.5. The molecule has 3 fully saturated rings. The van der Waals surface area contributed by atoms with Crippen LogP contribution in [0.15, 0.2) is 11.3 Å². The van der Waals surface area contributed by atoms with Crippen molar-refractivity contribution in [3.05, 3.63) is 11.3 Å². The van der Waals surface area contributed by atoms with Crippen molar-refractivity contribution in [1.82, 2.24) is 0 Å². The SMILES string of the molecule is CC(OCCOC1COC/C(=C2\OC(CO)C(C)C(O)C2O)C(O)C1OC1OC(C)C(O)C(O)C1O)C(O)COCO. The first-order valence-electron chi connectivity index (χ1n) is 14.0. The van der Waals surface area contributed by atoms with Crippen LogP contribution in [0.5, 0.6) is 0 Å². The molecule has 0 radical (unpaired) electrons. The lowest BCUT2D eigenvalue weighted by molar-refractivity contribution is -0.318. The van der Waals surface area contributed by atoms with Gasteiger partial charge in [-0.3, -0.25) is 0 Å². The lowest BCUT2D eigenvalue weighted by Crippen LogP contribution is -2.59. The van der Waals surface area contributed by atoms with Gasteiger partial charge in [0.2, 0.25) is 0 Å². The second kappa shape index (κ2) is 16.3. The molecule has 246 valence electrons. The lowest BCUT2D eigenvalue weighted by atomic mass is 9.87. The first-order chi connectivity index (χ1) is 19.9. The van der Waals surface area contributed by atoms with E-state index in [0.717, 1.165) is 0 Å². The van der Waals surface area contributed by atoms with Crippen LogP contribution in [0.4, 0.5) is 0 Å². The summed E-state index contributed by atoms with van der Waals surface area (Å²) in [4.78, 5) is 0. The summed E-state index contributed by atoms with van der Waals surface area (Å²) < 4.78 is 39.2. The predicted octanol–water partition coefficient (Wildman–Crippen LogP) is -4.29. The Kier molecular flexibility index (Phi) is 13.8. The van der Waals surface area contributed by atoms with Gasteiger partial charge in [-0.1, -0.05) is 6.92 Å². The molecule has 3 heterocycles. The van der Waals surface area contributed by atoms with Gasteiger partial charge in [-0.15, -0.1) is 0 Å².